The monoisotopic (exact) mass is 241 g/mol. The third kappa shape index (κ3) is 5.50. The molecule has 17 heavy (non-hydrogen) atoms. The molecule has 1 heterocycles. The lowest BCUT2D eigenvalue weighted by atomic mass is 10.2. The number of amides is 1. The van der Waals surface area contributed by atoms with Crippen LogP contribution in [-0.2, 0) is 4.79 Å². The predicted molar refractivity (Wildman–Crippen MR) is 71.1 cm³/mol. The number of nitrogens with zero attached hydrogens (tertiary/aromatic N) is 2. The van der Waals surface area contributed by atoms with Gasteiger partial charge in [-0.05, 0) is 19.5 Å². The van der Waals surface area contributed by atoms with Crippen LogP contribution in [0.5, 0.6) is 0 Å². The minimum Gasteiger partial charge on any atom is -0.340 e. The molecule has 0 aromatic heterocycles. The minimum absolute atomic E-state index is 0.325. The first-order chi connectivity index (χ1) is 8.13. The second kappa shape index (κ2) is 7.67. The number of carbonyl (C=O) groups is 1. The molecule has 100 valence electrons. The Morgan fingerprint density at radius 3 is 2.41 bits per heavy atom. The molecule has 1 aliphatic heterocycles. The fraction of sp³-hybridized carbons (Fsp3) is 0.923. The summed E-state index contributed by atoms with van der Waals surface area (Å²) in [5, 5.41) is 3.34. The Balaban J connectivity index is 2.12. The fourth-order valence-electron chi connectivity index (χ4n) is 2.10. The summed E-state index contributed by atoms with van der Waals surface area (Å²) in [7, 11) is 0. The molecule has 1 aliphatic rings. The average Bonchev–Trinajstić information content (AvgIpc) is 2.34. The van der Waals surface area contributed by atoms with Crippen LogP contribution in [0.15, 0.2) is 0 Å². The van der Waals surface area contributed by atoms with Gasteiger partial charge in [0.15, 0.2) is 0 Å². The zero-order valence-electron chi connectivity index (χ0n) is 11.5. The summed E-state index contributed by atoms with van der Waals surface area (Å²) in [5.41, 5.74) is 0. The van der Waals surface area contributed by atoms with Gasteiger partial charge in [0.05, 0.1) is 0 Å². The van der Waals surface area contributed by atoms with Gasteiger partial charge >= 0.3 is 0 Å². The third-order valence-corrected chi connectivity index (χ3v) is 3.29. The van der Waals surface area contributed by atoms with Gasteiger partial charge in [-0.15, -0.1) is 0 Å². The van der Waals surface area contributed by atoms with Crippen LogP contribution in [0.3, 0.4) is 0 Å². The average molecular weight is 241 g/mol. The van der Waals surface area contributed by atoms with E-state index in [0.29, 0.717) is 18.4 Å². The number of carbonyl (C=O) groups excluding carboxylic acids is 1. The number of likely N-dealkylation sites (N-methyl/N-ethyl adjacent to an activating group) is 1. The Bertz CT molecular complexity index is 223. The van der Waals surface area contributed by atoms with Crippen molar-refractivity contribution in [1.82, 2.24) is 15.1 Å². The number of hydrogen-bond donors (Lipinski definition) is 1. The first-order valence-corrected chi connectivity index (χ1v) is 6.87. The van der Waals surface area contributed by atoms with Crippen LogP contribution in [0, 0.1) is 0 Å². The zero-order valence-corrected chi connectivity index (χ0v) is 11.5. The van der Waals surface area contributed by atoms with Gasteiger partial charge in [-0.1, -0.05) is 20.8 Å². The highest BCUT2D eigenvalue weighted by atomic mass is 16.2. The highest BCUT2D eigenvalue weighted by Crippen LogP contribution is 2.04. The molecular formula is C13H27N3O. The van der Waals surface area contributed by atoms with Crippen molar-refractivity contribution in [3.8, 4) is 0 Å². The molecule has 1 amide bonds. The van der Waals surface area contributed by atoms with Crippen molar-refractivity contribution in [1.29, 1.82) is 0 Å². The van der Waals surface area contributed by atoms with Crippen molar-refractivity contribution in [3.63, 3.8) is 0 Å². The maximum absolute atomic E-state index is 11.9. The quantitative estimate of drug-likeness (QED) is 0.703. The molecule has 0 spiro atoms. The molecule has 0 atom stereocenters. The first kappa shape index (κ1) is 14.5. The summed E-state index contributed by atoms with van der Waals surface area (Å²) in [6.45, 7) is 12.4. The first-order valence-electron chi connectivity index (χ1n) is 6.87. The molecule has 4 nitrogen and oxygen atoms in total. The smallest absolute Gasteiger partial charge is 0.222 e. The van der Waals surface area contributed by atoms with Crippen LogP contribution in [0.25, 0.3) is 0 Å². The van der Waals surface area contributed by atoms with E-state index in [1.54, 1.807) is 0 Å². The number of rotatable bonds is 6. The summed E-state index contributed by atoms with van der Waals surface area (Å²) in [6.07, 6.45) is 1.64. The molecule has 0 unspecified atom stereocenters. The van der Waals surface area contributed by atoms with E-state index in [-0.39, 0.29) is 0 Å². The summed E-state index contributed by atoms with van der Waals surface area (Å²) >= 11 is 0. The fourth-order valence-corrected chi connectivity index (χ4v) is 2.10. The van der Waals surface area contributed by atoms with Gasteiger partial charge in [0, 0.05) is 38.6 Å². The summed E-state index contributed by atoms with van der Waals surface area (Å²) < 4.78 is 0. The SMILES string of the molecule is CCN1CCN(C(=O)CCCNC(C)C)CC1. The van der Waals surface area contributed by atoms with Gasteiger partial charge in [0.2, 0.25) is 5.91 Å². The lowest BCUT2D eigenvalue weighted by molar-refractivity contribution is -0.133. The van der Waals surface area contributed by atoms with E-state index in [2.05, 4.69) is 31.0 Å². The van der Waals surface area contributed by atoms with Crippen molar-refractivity contribution in [2.45, 2.75) is 39.7 Å². The van der Waals surface area contributed by atoms with Crippen LogP contribution >= 0.6 is 0 Å². The van der Waals surface area contributed by atoms with E-state index in [0.717, 1.165) is 45.7 Å². The van der Waals surface area contributed by atoms with Gasteiger partial charge in [-0.3, -0.25) is 4.79 Å². The highest BCUT2D eigenvalue weighted by molar-refractivity contribution is 5.76. The van der Waals surface area contributed by atoms with E-state index in [4.69, 9.17) is 0 Å². The van der Waals surface area contributed by atoms with E-state index in [1.165, 1.54) is 0 Å². The molecule has 0 saturated carbocycles. The topological polar surface area (TPSA) is 35.6 Å². The Labute approximate surface area is 105 Å². The maximum Gasteiger partial charge on any atom is 0.222 e. The van der Waals surface area contributed by atoms with E-state index in [9.17, 15) is 4.79 Å². The standard InChI is InChI=1S/C13H27N3O/c1-4-15-8-10-16(11-9-15)13(17)6-5-7-14-12(2)3/h12,14H,4-11H2,1-3H3. The summed E-state index contributed by atoms with van der Waals surface area (Å²) in [4.78, 5) is 16.3. The molecule has 0 aromatic rings. The highest BCUT2D eigenvalue weighted by Gasteiger charge is 2.19. The normalized spacial score (nSPS) is 17.8. The molecule has 0 bridgehead atoms. The molecule has 1 rings (SSSR count). The molecule has 1 N–H and O–H groups in total. The van der Waals surface area contributed by atoms with Crippen LogP contribution < -0.4 is 5.32 Å². The molecule has 1 fully saturated rings. The molecule has 4 heteroatoms. The lowest BCUT2D eigenvalue weighted by Crippen LogP contribution is -2.48. The van der Waals surface area contributed by atoms with Crippen LogP contribution in [-0.4, -0.2) is 61.0 Å². The minimum atomic E-state index is 0.325. The summed E-state index contributed by atoms with van der Waals surface area (Å²) in [6, 6.07) is 0.512. The van der Waals surface area contributed by atoms with Crippen molar-refractivity contribution in [2.24, 2.45) is 0 Å². The largest absolute Gasteiger partial charge is 0.340 e. The third-order valence-electron chi connectivity index (χ3n) is 3.29. The Morgan fingerprint density at radius 1 is 1.24 bits per heavy atom. The van der Waals surface area contributed by atoms with Gasteiger partial charge in [-0.2, -0.15) is 0 Å². The van der Waals surface area contributed by atoms with Gasteiger partial charge in [-0.25, -0.2) is 0 Å². The molecule has 0 aromatic carbocycles. The van der Waals surface area contributed by atoms with Crippen molar-refractivity contribution < 1.29 is 4.79 Å². The Hall–Kier alpha value is -0.610. The Morgan fingerprint density at radius 2 is 1.88 bits per heavy atom. The van der Waals surface area contributed by atoms with E-state index in [1.807, 2.05) is 4.90 Å². The van der Waals surface area contributed by atoms with Crippen molar-refractivity contribution in [3.05, 3.63) is 0 Å². The van der Waals surface area contributed by atoms with Gasteiger partial charge in [0.1, 0.15) is 0 Å². The molecule has 1 saturated heterocycles. The summed E-state index contributed by atoms with van der Waals surface area (Å²) in [5.74, 6) is 0.325. The molecule has 0 radical (unpaired) electrons. The molecular weight excluding hydrogens is 214 g/mol. The number of nitrogens with one attached hydrogen (secondary N) is 1. The maximum atomic E-state index is 11.9. The van der Waals surface area contributed by atoms with Gasteiger partial charge < -0.3 is 15.1 Å². The Kier molecular flexibility index (Phi) is 6.52. The lowest BCUT2D eigenvalue weighted by Gasteiger charge is -2.34. The van der Waals surface area contributed by atoms with Crippen molar-refractivity contribution >= 4 is 5.91 Å². The van der Waals surface area contributed by atoms with Crippen LogP contribution in [0.1, 0.15) is 33.6 Å². The second-order valence-corrected chi connectivity index (χ2v) is 5.03. The zero-order chi connectivity index (χ0) is 12.7. The van der Waals surface area contributed by atoms with E-state index < -0.39 is 0 Å². The van der Waals surface area contributed by atoms with Crippen LogP contribution in [0.2, 0.25) is 0 Å². The molecule has 0 aliphatic carbocycles. The van der Waals surface area contributed by atoms with Gasteiger partial charge in [0.25, 0.3) is 0 Å². The number of hydrogen-bond acceptors (Lipinski definition) is 3. The number of piperazine rings is 1. The van der Waals surface area contributed by atoms with Crippen molar-refractivity contribution in [2.75, 3.05) is 39.3 Å². The predicted octanol–water partition coefficient (Wildman–Crippen LogP) is 0.929. The van der Waals surface area contributed by atoms with E-state index >= 15 is 0 Å². The van der Waals surface area contributed by atoms with Crippen LogP contribution in [0.4, 0.5) is 0 Å². The second-order valence-electron chi connectivity index (χ2n) is 5.03.